The molecule has 0 amide bonds. The molecule has 1 aliphatic rings. The van der Waals surface area contributed by atoms with Gasteiger partial charge < -0.3 is 13.1 Å². The number of aromatic nitrogens is 1. The maximum Gasteiger partial charge on any atom is 0.306 e. The van der Waals surface area contributed by atoms with Gasteiger partial charge >= 0.3 is 20.2 Å². The normalized spacial score (nSPS) is 15.1. The maximum absolute atomic E-state index is 13.2. The van der Waals surface area contributed by atoms with Crippen molar-refractivity contribution in [3.63, 3.8) is 0 Å². The van der Waals surface area contributed by atoms with Gasteiger partial charge in [-0.1, -0.05) is 0 Å². The number of hydrogen-bond donors (Lipinski definition) is 0. The minimum Gasteiger partial charge on any atom is -0.483 e. The lowest BCUT2D eigenvalue weighted by Gasteiger charge is -2.31. The third kappa shape index (κ3) is 4.95. The van der Waals surface area contributed by atoms with Gasteiger partial charge in [-0.25, -0.2) is 0 Å². The number of rotatable bonds is 5. The van der Waals surface area contributed by atoms with Crippen LogP contribution in [-0.2, 0) is 20.2 Å². The standard InChI is InChI=1S/C20H20N2O8S2/c1-12-18(30-32(5,26)27)17(29-31(4,24)25)11-22(19(12)23)15-9-20(2,3)28-16-7-6-13(10-21)8-14(15)16/h6-9,11H,1-5H3. The second-order valence-electron chi connectivity index (χ2n) is 7.76. The first-order valence-electron chi connectivity index (χ1n) is 9.12. The van der Waals surface area contributed by atoms with Gasteiger partial charge in [0.15, 0.2) is 5.75 Å². The molecular formula is C20H20N2O8S2. The molecule has 1 aromatic heterocycles. The number of hydrogen-bond acceptors (Lipinski definition) is 9. The number of fused-ring (bicyclic) bond motifs is 1. The van der Waals surface area contributed by atoms with E-state index >= 15 is 0 Å². The van der Waals surface area contributed by atoms with Crippen LogP contribution >= 0.6 is 0 Å². The Bertz CT molecular complexity index is 1460. The smallest absolute Gasteiger partial charge is 0.306 e. The molecular weight excluding hydrogens is 460 g/mol. The monoisotopic (exact) mass is 480 g/mol. The Morgan fingerprint density at radius 1 is 1.09 bits per heavy atom. The minimum absolute atomic E-state index is 0.195. The average molecular weight is 481 g/mol. The lowest BCUT2D eigenvalue weighted by molar-refractivity contribution is 0.157. The van der Waals surface area contributed by atoms with Crippen molar-refractivity contribution < 1.29 is 29.9 Å². The van der Waals surface area contributed by atoms with E-state index in [0.29, 0.717) is 22.6 Å². The molecule has 2 heterocycles. The van der Waals surface area contributed by atoms with E-state index in [2.05, 4.69) is 0 Å². The fourth-order valence-corrected chi connectivity index (χ4v) is 4.12. The summed E-state index contributed by atoms with van der Waals surface area (Å²) in [7, 11) is -8.21. The van der Waals surface area contributed by atoms with Crippen molar-refractivity contribution >= 4 is 25.9 Å². The van der Waals surface area contributed by atoms with Crippen molar-refractivity contribution in [3.05, 3.63) is 57.5 Å². The Kier molecular flexibility index (Phi) is 5.61. The second kappa shape index (κ2) is 7.68. The number of nitrogens with zero attached hydrogens (tertiary/aromatic N) is 2. The first-order valence-corrected chi connectivity index (χ1v) is 12.8. The highest BCUT2D eigenvalue weighted by atomic mass is 32.2. The Morgan fingerprint density at radius 2 is 1.72 bits per heavy atom. The fourth-order valence-electron chi connectivity index (χ4n) is 3.16. The molecule has 0 bridgehead atoms. The Balaban J connectivity index is 2.37. The van der Waals surface area contributed by atoms with Gasteiger partial charge in [-0.3, -0.25) is 9.36 Å². The molecule has 12 heteroatoms. The second-order valence-corrected chi connectivity index (χ2v) is 10.9. The van der Waals surface area contributed by atoms with E-state index in [1.54, 1.807) is 32.1 Å². The predicted molar refractivity (Wildman–Crippen MR) is 116 cm³/mol. The third-order valence-electron chi connectivity index (χ3n) is 4.33. The summed E-state index contributed by atoms with van der Waals surface area (Å²) in [5, 5.41) is 9.27. The van der Waals surface area contributed by atoms with Crippen molar-refractivity contribution in [2.75, 3.05) is 12.5 Å². The van der Waals surface area contributed by atoms with Gasteiger partial charge in [-0.2, -0.15) is 22.1 Å². The van der Waals surface area contributed by atoms with Gasteiger partial charge in [0.05, 0.1) is 41.6 Å². The average Bonchev–Trinajstić information content (AvgIpc) is 2.64. The van der Waals surface area contributed by atoms with Crippen LogP contribution in [-0.4, -0.2) is 39.5 Å². The molecule has 0 spiro atoms. The molecule has 10 nitrogen and oxygen atoms in total. The maximum atomic E-state index is 13.2. The minimum atomic E-state index is -4.10. The molecule has 0 saturated carbocycles. The first kappa shape index (κ1) is 23.4. The van der Waals surface area contributed by atoms with Crippen LogP contribution in [0.3, 0.4) is 0 Å². The van der Waals surface area contributed by atoms with E-state index in [-0.39, 0.29) is 5.56 Å². The van der Waals surface area contributed by atoms with Gasteiger partial charge in [0, 0.05) is 5.56 Å². The van der Waals surface area contributed by atoms with Gasteiger partial charge in [0.1, 0.15) is 11.4 Å². The predicted octanol–water partition coefficient (Wildman–Crippen LogP) is 1.77. The van der Waals surface area contributed by atoms with Crippen LogP contribution in [0, 0.1) is 18.3 Å². The largest absolute Gasteiger partial charge is 0.483 e. The third-order valence-corrected chi connectivity index (χ3v) is 5.28. The zero-order chi connectivity index (χ0) is 24.1. The Hall–Kier alpha value is -3.30. The summed E-state index contributed by atoms with van der Waals surface area (Å²) < 4.78 is 63.8. The van der Waals surface area contributed by atoms with Gasteiger partial charge in [0.25, 0.3) is 5.56 Å². The molecule has 0 unspecified atom stereocenters. The first-order chi connectivity index (χ1) is 14.6. The van der Waals surface area contributed by atoms with E-state index in [9.17, 15) is 26.9 Å². The number of benzene rings is 1. The van der Waals surface area contributed by atoms with E-state index in [1.165, 1.54) is 13.0 Å². The quantitative estimate of drug-likeness (QED) is 0.585. The van der Waals surface area contributed by atoms with E-state index in [4.69, 9.17) is 13.1 Å². The highest BCUT2D eigenvalue weighted by molar-refractivity contribution is 7.86. The van der Waals surface area contributed by atoms with Crippen molar-refractivity contribution in [2.24, 2.45) is 0 Å². The molecule has 170 valence electrons. The SMILES string of the molecule is Cc1c(OS(C)(=O)=O)c(OS(C)(=O)=O)cn(C2=CC(C)(C)Oc3ccc(C#N)cc32)c1=O. The number of nitriles is 1. The van der Waals surface area contributed by atoms with Crippen molar-refractivity contribution in [1.82, 2.24) is 4.57 Å². The van der Waals surface area contributed by atoms with Crippen LogP contribution in [0.15, 0.2) is 35.3 Å². The van der Waals surface area contributed by atoms with Crippen molar-refractivity contribution in [2.45, 2.75) is 26.4 Å². The highest BCUT2D eigenvalue weighted by Crippen LogP contribution is 2.39. The van der Waals surface area contributed by atoms with Crippen LogP contribution in [0.5, 0.6) is 17.2 Å². The molecule has 0 aliphatic carbocycles. The van der Waals surface area contributed by atoms with Crippen LogP contribution in [0.4, 0.5) is 0 Å². The van der Waals surface area contributed by atoms with Crippen LogP contribution < -0.4 is 18.7 Å². The van der Waals surface area contributed by atoms with Gasteiger partial charge in [0.2, 0.25) is 5.75 Å². The lowest BCUT2D eigenvalue weighted by atomic mass is 9.97. The van der Waals surface area contributed by atoms with Crippen LogP contribution in [0.1, 0.15) is 30.5 Å². The molecule has 2 aromatic rings. The summed E-state index contributed by atoms with van der Waals surface area (Å²) in [5.41, 5.74) is -0.713. The summed E-state index contributed by atoms with van der Waals surface area (Å²) in [4.78, 5) is 13.2. The Labute approximate surface area is 185 Å². The Morgan fingerprint density at radius 3 is 2.28 bits per heavy atom. The van der Waals surface area contributed by atoms with Crippen LogP contribution in [0.2, 0.25) is 0 Å². The molecule has 1 aromatic carbocycles. The molecule has 1 aliphatic heterocycles. The van der Waals surface area contributed by atoms with Gasteiger partial charge in [-0.05, 0) is 45.0 Å². The number of ether oxygens (including phenoxy) is 1. The van der Waals surface area contributed by atoms with E-state index in [1.807, 2.05) is 6.07 Å². The zero-order valence-electron chi connectivity index (χ0n) is 17.9. The summed E-state index contributed by atoms with van der Waals surface area (Å²) in [6, 6.07) is 6.69. The molecule has 0 saturated heterocycles. The molecule has 3 rings (SSSR count). The van der Waals surface area contributed by atoms with Crippen molar-refractivity contribution in [3.8, 4) is 23.3 Å². The van der Waals surface area contributed by atoms with E-state index in [0.717, 1.165) is 23.3 Å². The van der Waals surface area contributed by atoms with Gasteiger partial charge in [-0.15, -0.1) is 0 Å². The van der Waals surface area contributed by atoms with Crippen LogP contribution in [0.25, 0.3) is 5.70 Å². The summed E-state index contributed by atoms with van der Waals surface area (Å²) in [6.45, 7) is 4.79. The highest BCUT2D eigenvalue weighted by Gasteiger charge is 2.30. The molecule has 0 fully saturated rings. The summed E-state index contributed by atoms with van der Waals surface area (Å²) in [6.07, 6.45) is 4.18. The molecule has 0 N–H and O–H groups in total. The molecule has 0 radical (unpaired) electrons. The zero-order valence-corrected chi connectivity index (χ0v) is 19.5. The lowest BCUT2D eigenvalue weighted by Crippen LogP contribution is -2.33. The van der Waals surface area contributed by atoms with E-state index < -0.39 is 42.9 Å². The summed E-state index contributed by atoms with van der Waals surface area (Å²) >= 11 is 0. The number of pyridine rings is 1. The van der Waals surface area contributed by atoms with Crippen molar-refractivity contribution in [1.29, 1.82) is 5.26 Å². The molecule has 32 heavy (non-hydrogen) atoms. The summed E-state index contributed by atoms with van der Waals surface area (Å²) in [5.74, 6) is -0.617. The fraction of sp³-hybridized carbons (Fsp3) is 0.300. The topological polar surface area (TPSA) is 142 Å². The molecule has 0 atom stereocenters.